The van der Waals surface area contributed by atoms with E-state index in [9.17, 15) is 0 Å². The van der Waals surface area contributed by atoms with Gasteiger partial charge in [-0.1, -0.05) is 0 Å². The molecule has 3 heterocycles. The molecule has 2 aliphatic rings. The van der Waals surface area contributed by atoms with Crippen LogP contribution in [0.25, 0.3) is 0 Å². The van der Waals surface area contributed by atoms with Crippen LogP contribution in [0.5, 0.6) is 5.88 Å². The minimum atomic E-state index is 0.446. The molecule has 6 heteroatoms. The molecule has 0 saturated carbocycles. The molecule has 2 aliphatic heterocycles. The first kappa shape index (κ1) is 14.1. The molecule has 5 nitrogen and oxygen atoms in total. The first-order chi connectivity index (χ1) is 9.69. The van der Waals surface area contributed by atoms with E-state index in [2.05, 4.69) is 43.7 Å². The summed E-state index contributed by atoms with van der Waals surface area (Å²) >= 11 is 3.39. The fraction of sp³-hybridized carbons (Fsp3) is 0.643. The number of anilines is 1. The van der Waals surface area contributed by atoms with Gasteiger partial charge in [0.1, 0.15) is 10.3 Å². The lowest BCUT2D eigenvalue weighted by Gasteiger charge is -2.46. The minimum absolute atomic E-state index is 0.446. The second-order valence-electron chi connectivity index (χ2n) is 5.39. The molecule has 110 valence electrons. The normalized spacial score (nSPS) is 24.6. The van der Waals surface area contributed by atoms with Crippen molar-refractivity contribution in [1.29, 1.82) is 0 Å². The predicted molar refractivity (Wildman–Crippen MR) is 81.5 cm³/mol. The number of pyridine rings is 1. The molecule has 0 radical (unpaired) electrons. The molecular weight excluding hydrogens is 322 g/mol. The Morgan fingerprint density at radius 2 is 2.15 bits per heavy atom. The Labute approximate surface area is 128 Å². The van der Waals surface area contributed by atoms with Crippen molar-refractivity contribution >= 4 is 21.6 Å². The van der Waals surface area contributed by atoms with Crippen LogP contribution in [0.15, 0.2) is 16.7 Å². The summed E-state index contributed by atoms with van der Waals surface area (Å²) in [6.45, 7) is 7.15. The average molecular weight is 342 g/mol. The summed E-state index contributed by atoms with van der Waals surface area (Å²) in [5, 5.41) is 0. The van der Waals surface area contributed by atoms with Crippen LogP contribution >= 0.6 is 15.9 Å². The average Bonchev–Trinajstić information content (AvgIpc) is 2.37. The summed E-state index contributed by atoms with van der Waals surface area (Å²) in [5.41, 5.74) is 1.08. The van der Waals surface area contributed by atoms with Crippen molar-refractivity contribution in [3.8, 4) is 5.88 Å². The molecule has 1 aromatic heterocycles. The van der Waals surface area contributed by atoms with Gasteiger partial charge in [-0.3, -0.25) is 4.90 Å². The maximum atomic E-state index is 5.42. The molecule has 0 aromatic carbocycles. The fourth-order valence-corrected chi connectivity index (χ4v) is 3.18. The van der Waals surface area contributed by atoms with Crippen molar-refractivity contribution in [2.75, 3.05) is 44.9 Å². The predicted octanol–water partition coefficient (Wildman–Crippen LogP) is 1.76. The van der Waals surface area contributed by atoms with Gasteiger partial charge in [0.2, 0.25) is 5.88 Å². The number of ether oxygens (including phenoxy) is 2. The molecule has 1 aromatic rings. The Hall–Kier alpha value is -0.850. The van der Waals surface area contributed by atoms with Crippen LogP contribution in [0.4, 0.5) is 5.69 Å². The summed E-state index contributed by atoms with van der Waals surface area (Å²) in [6.07, 6.45) is 0. The van der Waals surface area contributed by atoms with Crippen LogP contribution in [0.1, 0.15) is 6.92 Å². The van der Waals surface area contributed by atoms with E-state index in [0.29, 0.717) is 18.0 Å². The first-order valence-electron chi connectivity index (χ1n) is 6.98. The number of halogens is 1. The Morgan fingerprint density at radius 3 is 2.75 bits per heavy atom. The summed E-state index contributed by atoms with van der Waals surface area (Å²) in [5.74, 6) is 0.687. The van der Waals surface area contributed by atoms with Gasteiger partial charge in [-0.25, -0.2) is 4.98 Å². The van der Waals surface area contributed by atoms with Crippen molar-refractivity contribution in [3.63, 3.8) is 0 Å². The van der Waals surface area contributed by atoms with Crippen LogP contribution in [0.2, 0.25) is 0 Å². The van der Waals surface area contributed by atoms with Gasteiger partial charge in [-0.2, -0.15) is 0 Å². The Morgan fingerprint density at radius 1 is 1.35 bits per heavy atom. The zero-order valence-electron chi connectivity index (χ0n) is 11.9. The first-order valence-corrected chi connectivity index (χ1v) is 7.77. The lowest BCUT2D eigenvalue weighted by Crippen LogP contribution is -2.59. The van der Waals surface area contributed by atoms with E-state index in [0.717, 1.165) is 43.1 Å². The summed E-state index contributed by atoms with van der Waals surface area (Å²) in [7, 11) is 1.67. The molecule has 0 aliphatic carbocycles. The van der Waals surface area contributed by atoms with Gasteiger partial charge in [0.15, 0.2) is 0 Å². The van der Waals surface area contributed by atoms with Crippen molar-refractivity contribution in [2.45, 2.75) is 19.0 Å². The summed E-state index contributed by atoms with van der Waals surface area (Å²) in [4.78, 5) is 9.32. The zero-order chi connectivity index (χ0) is 14.1. The van der Waals surface area contributed by atoms with E-state index < -0.39 is 0 Å². The molecule has 0 N–H and O–H groups in total. The SMILES string of the molecule is COc1nc(Br)ccc1N1CCN(C2COC2)C[C@H]1C. The van der Waals surface area contributed by atoms with Gasteiger partial charge in [0, 0.05) is 25.7 Å². The van der Waals surface area contributed by atoms with Crippen molar-refractivity contribution in [1.82, 2.24) is 9.88 Å². The van der Waals surface area contributed by atoms with E-state index in [1.165, 1.54) is 0 Å². The third-order valence-electron chi connectivity index (χ3n) is 4.10. The second kappa shape index (κ2) is 5.87. The topological polar surface area (TPSA) is 37.8 Å². The number of piperazine rings is 1. The number of methoxy groups -OCH3 is 1. The summed E-state index contributed by atoms with van der Waals surface area (Å²) < 4.78 is 11.5. The quantitative estimate of drug-likeness (QED) is 0.783. The number of hydrogen-bond acceptors (Lipinski definition) is 5. The van der Waals surface area contributed by atoms with Gasteiger partial charge >= 0.3 is 0 Å². The van der Waals surface area contributed by atoms with Crippen LogP contribution in [-0.2, 0) is 4.74 Å². The highest BCUT2D eigenvalue weighted by Gasteiger charge is 2.33. The van der Waals surface area contributed by atoms with Crippen molar-refractivity contribution in [2.24, 2.45) is 0 Å². The minimum Gasteiger partial charge on any atom is -0.479 e. The molecular formula is C14H20BrN3O2. The standard InChI is InChI=1S/C14H20BrN3O2/c1-10-7-17(11-8-20-9-11)5-6-18(10)12-3-4-13(15)16-14(12)19-2/h3-4,10-11H,5-9H2,1-2H3/t10-/m1/s1. The molecule has 20 heavy (non-hydrogen) atoms. The third-order valence-corrected chi connectivity index (χ3v) is 4.55. The number of rotatable bonds is 3. The van der Waals surface area contributed by atoms with E-state index in [4.69, 9.17) is 9.47 Å². The monoisotopic (exact) mass is 341 g/mol. The molecule has 1 atom stereocenters. The largest absolute Gasteiger partial charge is 0.479 e. The highest BCUT2D eigenvalue weighted by atomic mass is 79.9. The highest BCUT2D eigenvalue weighted by molar-refractivity contribution is 9.10. The number of nitrogens with zero attached hydrogens (tertiary/aromatic N) is 3. The van der Waals surface area contributed by atoms with Gasteiger partial charge in [-0.05, 0) is 35.0 Å². The Bertz CT molecular complexity index is 481. The van der Waals surface area contributed by atoms with Crippen LogP contribution < -0.4 is 9.64 Å². The fourth-order valence-electron chi connectivity index (χ4n) is 2.89. The van der Waals surface area contributed by atoms with Gasteiger partial charge in [0.05, 0.1) is 26.4 Å². The molecule has 3 rings (SSSR count). The lowest BCUT2D eigenvalue weighted by atomic mass is 10.1. The lowest BCUT2D eigenvalue weighted by molar-refractivity contribution is -0.0691. The second-order valence-corrected chi connectivity index (χ2v) is 6.20. The number of aromatic nitrogens is 1. The van der Waals surface area contributed by atoms with Crippen molar-refractivity contribution in [3.05, 3.63) is 16.7 Å². The van der Waals surface area contributed by atoms with Crippen LogP contribution in [-0.4, -0.2) is 61.9 Å². The van der Waals surface area contributed by atoms with E-state index in [-0.39, 0.29) is 0 Å². The van der Waals surface area contributed by atoms with E-state index in [1.54, 1.807) is 7.11 Å². The molecule has 0 bridgehead atoms. The van der Waals surface area contributed by atoms with Gasteiger partial charge in [-0.15, -0.1) is 0 Å². The van der Waals surface area contributed by atoms with Crippen molar-refractivity contribution < 1.29 is 9.47 Å². The van der Waals surface area contributed by atoms with Crippen LogP contribution in [0, 0.1) is 0 Å². The van der Waals surface area contributed by atoms with Crippen LogP contribution in [0.3, 0.4) is 0 Å². The zero-order valence-corrected chi connectivity index (χ0v) is 13.5. The summed E-state index contributed by atoms with van der Waals surface area (Å²) in [6, 6.07) is 5.11. The maximum absolute atomic E-state index is 5.42. The van der Waals surface area contributed by atoms with E-state index in [1.807, 2.05) is 6.07 Å². The highest BCUT2D eigenvalue weighted by Crippen LogP contribution is 2.31. The molecule has 0 unspecified atom stereocenters. The van der Waals surface area contributed by atoms with Gasteiger partial charge < -0.3 is 14.4 Å². The molecule has 2 fully saturated rings. The third kappa shape index (κ3) is 2.64. The molecule has 2 saturated heterocycles. The Balaban J connectivity index is 1.74. The molecule has 0 spiro atoms. The Kier molecular flexibility index (Phi) is 4.14. The maximum Gasteiger partial charge on any atom is 0.238 e. The van der Waals surface area contributed by atoms with E-state index >= 15 is 0 Å². The number of hydrogen-bond donors (Lipinski definition) is 0. The van der Waals surface area contributed by atoms with Gasteiger partial charge in [0.25, 0.3) is 0 Å². The molecule has 0 amide bonds. The smallest absolute Gasteiger partial charge is 0.238 e.